The highest BCUT2D eigenvalue weighted by molar-refractivity contribution is 5.91. The molecule has 0 radical (unpaired) electrons. The SMILES string of the molecule is COC(=O)C1=CC=CC=CC=CC=CC=CC=CC=CC=CC=C1. The van der Waals surface area contributed by atoms with E-state index in [0.29, 0.717) is 5.57 Å². The molecule has 0 unspecified atom stereocenters. The Morgan fingerprint density at radius 3 is 1.29 bits per heavy atom. The largest absolute Gasteiger partial charge is 0.465 e. The molecule has 24 heavy (non-hydrogen) atoms. The molecule has 1 rings (SSSR count). The van der Waals surface area contributed by atoms with Crippen LogP contribution in [0.15, 0.2) is 121 Å². The lowest BCUT2D eigenvalue weighted by molar-refractivity contribution is -0.135. The Bertz CT molecular complexity index is 673. The minimum Gasteiger partial charge on any atom is -0.465 e. The van der Waals surface area contributed by atoms with E-state index in [1.54, 1.807) is 24.3 Å². The van der Waals surface area contributed by atoms with E-state index in [4.69, 9.17) is 4.74 Å². The zero-order chi connectivity index (χ0) is 17.3. The number of rotatable bonds is 1. The second-order valence-electron chi connectivity index (χ2n) is 4.55. The number of ether oxygens (including phenoxy) is 1. The molecule has 0 fully saturated rings. The first-order valence-corrected chi connectivity index (χ1v) is 7.64. The van der Waals surface area contributed by atoms with Crippen molar-refractivity contribution in [3.63, 3.8) is 0 Å². The Hall–Kier alpha value is -3.13. The maximum absolute atomic E-state index is 11.7. The minimum absolute atomic E-state index is 0.370. The molecule has 0 saturated heterocycles. The van der Waals surface area contributed by atoms with Gasteiger partial charge in [0.15, 0.2) is 0 Å². The Labute approximate surface area is 144 Å². The van der Waals surface area contributed by atoms with Crippen molar-refractivity contribution in [3.05, 3.63) is 121 Å². The summed E-state index contributed by atoms with van der Waals surface area (Å²) in [5.41, 5.74) is 0.480. The Morgan fingerprint density at radius 1 is 0.583 bits per heavy atom. The summed E-state index contributed by atoms with van der Waals surface area (Å²) in [4.78, 5) is 11.7. The third-order valence-electron chi connectivity index (χ3n) is 2.75. The normalized spacial score (nSPS) is 15.5. The summed E-state index contributed by atoms with van der Waals surface area (Å²) >= 11 is 0. The van der Waals surface area contributed by atoms with E-state index >= 15 is 0 Å². The predicted octanol–water partition coefficient (Wildman–Crippen LogP) is 5.11. The first-order valence-electron chi connectivity index (χ1n) is 7.64. The standard InChI is InChI=1S/C22H22O2/c1-24-22(23)21-19-17-15-13-11-9-7-5-3-2-4-6-8-10-12-14-16-18-20-21/h2-20H,1H3. The van der Waals surface area contributed by atoms with Crippen molar-refractivity contribution in [2.24, 2.45) is 0 Å². The summed E-state index contributed by atoms with van der Waals surface area (Å²) in [5.74, 6) is -0.370. The van der Waals surface area contributed by atoms with Gasteiger partial charge in [0.1, 0.15) is 0 Å². The lowest BCUT2D eigenvalue weighted by Crippen LogP contribution is -2.01. The summed E-state index contributed by atoms with van der Waals surface area (Å²) < 4.78 is 4.77. The molecule has 1 aliphatic carbocycles. The average molecular weight is 318 g/mol. The quantitative estimate of drug-likeness (QED) is 0.628. The summed E-state index contributed by atoms with van der Waals surface area (Å²) in [6, 6.07) is 0. The van der Waals surface area contributed by atoms with Gasteiger partial charge in [-0.05, 0) is 12.2 Å². The second kappa shape index (κ2) is 13.5. The molecule has 2 heteroatoms. The van der Waals surface area contributed by atoms with Crippen molar-refractivity contribution in [1.29, 1.82) is 0 Å². The third-order valence-corrected chi connectivity index (χ3v) is 2.75. The van der Waals surface area contributed by atoms with Gasteiger partial charge in [-0.25, -0.2) is 4.79 Å². The van der Waals surface area contributed by atoms with Crippen LogP contribution in [0.5, 0.6) is 0 Å². The molecule has 0 aliphatic heterocycles. The van der Waals surface area contributed by atoms with Crippen LogP contribution in [0.1, 0.15) is 0 Å². The van der Waals surface area contributed by atoms with Crippen LogP contribution in [0.4, 0.5) is 0 Å². The molecule has 2 nitrogen and oxygen atoms in total. The van der Waals surface area contributed by atoms with Gasteiger partial charge in [0.25, 0.3) is 0 Å². The molecule has 0 amide bonds. The van der Waals surface area contributed by atoms with E-state index in [2.05, 4.69) is 0 Å². The monoisotopic (exact) mass is 318 g/mol. The maximum Gasteiger partial charge on any atom is 0.337 e. The first kappa shape index (κ1) is 18.9. The molecule has 0 atom stereocenters. The van der Waals surface area contributed by atoms with E-state index in [0.717, 1.165) is 0 Å². The Kier molecular flexibility index (Phi) is 10.7. The molecule has 0 heterocycles. The number of esters is 1. The van der Waals surface area contributed by atoms with Crippen LogP contribution >= 0.6 is 0 Å². The van der Waals surface area contributed by atoms with Crippen molar-refractivity contribution < 1.29 is 9.53 Å². The van der Waals surface area contributed by atoms with Gasteiger partial charge < -0.3 is 4.74 Å². The Balaban J connectivity index is 2.93. The third kappa shape index (κ3) is 9.74. The van der Waals surface area contributed by atoms with E-state index in [1.807, 2.05) is 91.1 Å². The second-order valence-corrected chi connectivity index (χ2v) is 4.55. The lowest BCUT2D eigenvalue weighted by Gasteiger charge is -1.97. The van der Waals surface area contributed by atoms with Crippen LogP contribution in [0.3, 0.4) is 0 Å². The fraction of sp³-hybridized carbons (Fsp3) is 0.0455. The zero-order valence-electron chi connectivity index (χ0n) is 13.8. The fourth-order valence-electron chi connectivity index (χ4n) is 1.59. The van der Waals surface area contributed by atoms with Crippen LogP contribution in [-0.2, 0) is 9.53 Å². The topological polar surface area (TPSA) is 26.3 Å². The summed E-state index contributed by atoms with van der Waals surface area (Å²) in [6.45, 7) is 0. The molecular weight excluding hydrogens is 296 g/mol. The van der Waals surface area contributed by atoms with Gasteiger partial charge in [-0.2, -0.15) is 0 Å². The van der Waals surface area contributed by atoms with Gasteiger partial charge in [-0.3, -0.25) is 0 Å². The molecule has 0 aromatic heterocycles. The highest BCUT2D eigenvalue weighted by atomic mass is 16.5. The van der Waals surface area contributed by atoms with Crippen molar-refractivity contribution >= 4 is 5.97 Å². The zero-order valence-corrected chi connectivity index (χ0v) is 13.8. The number of carbonyl (C=O) groups excluding carboxylic acids is 1. The van der Waals surface area contributed by atoms with E-state index in [-0.39, 0.29) is 5.97 Å². The number of hydrogen-bond donors (Lipinski definition) is 0. The van der Waals surface area contributed by atoms with Gasteiger partial charge in [0.05, 0.1) is 12.7 Å². The highest BCUT2D eigenvalue weighted by Crippen LogP contribution is 2.01. The summed E-state index contributed by atoms with van der Waals surface area (Å²) in [6.07, 6.45) is 35.9. The van der Waals surface area contributed by atoms with Gasteiger partial charge in [-0.15, -0.1) is 0 Å². The minimum atomic E-state index is -0.370. The van der Waals surface area contributed by atoms with Crippen LogP contribution < -0.4 is 0 Å². The van der Waals surface area contributed by atoms with Gasteiger partial charge in [-0.1, -0.05) is 103 Å². The summed E-state index contributed by atoms with van der Waals surface area (Å²) in [7, 11) is 1.37. The van der Waals surface area contributed by atoms with Crippen molar-refractivity contribution in [2.45, 2.75) is 0 Å². The van der Waals surface area contributed by atoms with Crippen LogP contribution in [-0.4, -0.2) is 13.1 Å². The van der Waals surface area contributed by atoms with Gasteiger partial charge >= 0.3 is 5.97 Å². The van der Waals surface area contributed by atoms with Crippen molar-refractivity contribution in [2.75, 3.05) is 7.11 Å². The van der Waals surface area contributed by atoms with E-state index < -0.39 is 0 Å². The lowest BCUT2D eigenvalue weighted by atomic mass is 10.2. The predicted molar refractivity (Wildman–Crippen MR) is 102 cm³/mol. The van der Waals surface area contributed by atoms with Crippen LogP contribution in [0.25, 0.3) is 0 Å². The number of hydrogen-bond acceptors (Lipinski definition) is 2. The molecule has 0 N–H and O–H groups in total. The van der Waals surface area contributed by atoms with E-state index in [9.17, 15) is 4.79 Å². The van der Waals surface area contributed by atoms with Crippen LogP contribution in [0, 0.1) is 0 Å². The highest BCUT2D eigenvalue weighted by Gasteiger charge is 2.03. The first-order chi connectivity index (χ1) is 11.8. The van der Waals surface area contributed by atoms with Crippen LogP contribution in [0.2, 0.25) is 0 Å². The molecule has 0 aromatic rings. The average Bonchev–Trinajstić information content (AvgIpc) is 2.60. The molecule has 122 valence electrons. The maximum atomic E-state index is 11.7. The van der Waals surface area contributed by atoms with Gasteiger partial charge in [0, 0.05) is 0 Å². The molecular formula is C22H22O2. The Morgan fingerprint density at radius 2 is 0.917 bits per heavy atom. The number of carbonyl (C=O) groups is 1. The number of allylic oxidation sites excluding steroid dienone is 18. The molecule has 1 aliphatic rings. The van der Waals surface area contributed by atoms with Crippen molar-refractivity contribution in [1.82, 2.24) is 0 Å². The number of methoxy groups -OCH3 is 1. The van der Waals surface area contributed by atoms with Crippen molar-refractivity contribution in [3.8, 4) is 0 Å². The molecule has 0 saturated carbocycles. The summed E-state index contributed by atoms with van der Waals surface area (Å²) in [5, 5.41) is 0. The van der Waals surface area contributed by atoms with Gasteiger partial charge in [0.2, 0.25) is 0 Å². The molecule has 0 spiro atoms. The van der Waals surface area contributed by atoms with E-state index in [1.165, 1.54) is 7.11 Å². The smallest absolute Gasteiger partial charge is 0.337 e. The molecule has 0 bridgehead atoms. The fourth-order valence-corrected chi connectivity index (χ4v) is 1.59. The molecule has 0 aromatic carbocycles.